The molecule has 0 radical (unpaired) electrons. The first-order valence-electron chi connectivity index (χ1n) is 13.2. The molecule has 1 aromatic carbocycles. The Hall–Kier alpha value is -4.57. The van der Waals surface area contributed by atoms with Crippen LogP contribution in [-0.4, -0.2) is 45.4 Å². The van der Waals surface area contributed by atoms with Crippen LogP contribution in [0.5, 0.6) is 5.88 Å². The van der Waals surface area contributed by atoms with Gasteiger partial charge in [-0.15, -0.1) is 13.2 Å². The molecule has 0 saturated heterocycles. The van der Waals surface area contributed by atoms with Crippen molar-refractivity contribution < 1.29 is 18.3 Å². The van der Waals surface area contributed by atoms with E-state index in [9.17, 15) is 8.78 Å². The van der Waals surface area contributed by atoms with Crippen LogP contribution in [0, 0.1) is 11.6 Å². The van der Waals surface area contributed by atoms with Crippen molar-refractivity contribution in [2.24, 2.45) is 21.0 Å². The summed E-state index contributed by atoms with van der Waals surface area (Å²) in [5.74, 6) is -1.15. The number of allylic oxidation sites excluding steroid dienone is 7. The zero-order valence-electron chi connectivity index (χ0n) is 25.6. The van der Waals surface area contributed by atoms with Crippen molar-refractivity contribution in [1.82, 2.24) is 4.98 Å². The molecule has 0 amide bonds. The maximum Gasteiger partial charge on any atom is 0.237 e. The van der Waals surface area contributed by atoms with Crippen molar-refractivity contribution in [2.45, 2.75) is 34.1 Å². The summed E-state index contributed by atoms with van der Waals surface area (Å²) in [6.45, 7) is 16.0. The third-order valence-electron chi connectivity index (χ3n) is 5.87. The summed E-state index contributed by atoms with van der Waals surface area (Å²) >= 11 is 0. The number of pyridine rings is 1. The van der Waals surface area contributed by atoms with E-state index >= 15 is 0 Å². The highest BCUT2D eigenvalue weighted by atomic mass is 19.1. The van der Waals surface area contributed by atoms with Crippen molar-refractivity contribution in [3.63, 3.8) is 0 Å². The molecule has 0 fully saturated rings. The summed E-state index contributed by atoms with van der Waals surface area (Å²) < 4.78 is 33.6. The third kappa shape index (κ3) is 9.52. The van der Waals surface area contributed by atoms with Crippen LogP contribution in [0.4, 0.5) is 20.2 Å². The van der Waals surface area contributed by atoms with E-state index in [-0.39, 0.29) is 18.2 Å². The molecular formula is C32H42F2N6O2. The Kier molecular flexibility index (Phi) is 18.1. The standard InChI is InChI=1S/C27H30F2N6O.C2H6.C2H4.CH2O/c1-6-18(15-34-32-4)17(2)22-11-19(7-9-24(22)31-3)20-12-26(27(36-5)33-14-20)35(16-30)25-10-8-21(28)13-23(25)29;3*1-2/h7-15H,6,16,30H2,1-5H3;1-2H3;1-2H2;1H2/b18-15+,22-17+,31-24?,34-32?;;;. The number of rotatable bonds is 8. The van der Waals surface area contributed by atoms with Crippen LogP contribution in [0.15, 0.2) is 100.0 Å². The number of azo groups is 1. The monoisotopic (exact) mass is 580 g/mol. The summed E-state index contributed by atoms with van der Waals surface area (Å²) in [6.07, 6.45) is 10.1. The molecule has 2 N–H and O–H groups in total. The summed E-state index contributed by atoms with van der Waals surface area (Å²) in [5.41, 5.74) is 12.1. The minimum absolute atomic E-state index is 0.0769. The molecule has 3 rings (SSSR count). The van der Waals surface area contributed by atoms with Gasteiger partial charge in [-0.3, -0.25) is 4.99 Å². The molecule has 0 bridgehead atoms. The molecule has 226 valence electrons. The van der Waals surface area contributed by atoms with Gasteiger partial charge in [0.05, 0.1) is 31.4 Å². The van der Waals surface area contributed by atoms with Gasteiger partial charge in [0.25, 0.3) is 0 Å². The Morgan fingerprint density at radius 3 is 2.31 bits per heavy atom. The Morgan fingerprint density at radius 1 is 1.12 bits per heavy atom. The Bertz CT molecular complexity index is 1340. The van der Waals surface area contributed by atoms with Crippen LogP contribution in [0.3, 0.4) is 0 Å². The fourth-order valence-corrected chi connectivity index (χ4v) is 3.94. The molecule has 0 aliphatic heterocycles. The quantitative estimate of drug-likeness (QED) is 0.195. The topological polar surface area (TPSA) is 106 Å². The van der Waals surface area contributed by atoms with E-state index < -0.39 is 11.6 Å². The van der Waals surface area contributed by atoms with Crippen LogP contribution >= 0.6 is 0 Å². The zero-order chi connectivity index (χ0) is 32.2. The first-order chi connectivity index (χ1) is 20.4. The highest BCUT2D eigenvalue weighted by Crippen LogP contribution is 2.36. The lowest BCUT2D eigenvalue weighted by Crippen LogP contribution is -2.26. The maximum atomic E-state index is 14.6. The van der Waals surface area contributed by atoms with Crippen LogP contribution in [0.2, 0.25) is 0 Å². The van der Waals surface area contributed by atoms with Gasteiger partial charge in [-0.05, 0) is 60.4 Å². The van der Waals surface area contributed by atoms with Crippen LogP contribution in [-0.2, 0) is 4.79 Å². The number of nitrogens with zero attached hydrogens (tertiary/aromatic N) is 5. The number of aromatic nitrogens is 1. The van der Waals surface area contributed by atoms with Crippen molar-refractivity contribution >= 4 is 29.4 Å². The summed E-state index contributed by atoms with van der Waals surface area (Å²) in [7, 11) is 4.85. The first-order valence-corrected chi connectivity index (χ1v) is 13.2. The lowest BCUT2D eigenvalue weighted by Gasteiger charge is -2.25. The fraction of sp³-hybridized carbons (Fsp3) is 0.281. The average Bonchev–Trinajstić information content (AvgIpc) is 3.05. The third-order valence-corrected chi connectivity index (χ3v) is 5.87. The van der Waals surface area contributed by atoms with Gasteiger partial charge >= 0.3 is 0 Å². The van der Waals surface area contributed by atoms with Crippen molar-refractivity contribution in [1.29, 1.82) is 0 Å². The van der Waals surface area contributed by atoms with Crippen molar-refractivity contribution in [2.75, 3.05) is 32.8 Å². The van der Waals surface area contributed by atoms with Gasteiger partial charge in [-0.1, -0.05) is 26.8 Å². The van der Waals surface area contributed by atoms with Crippen molar-refractivity contribution in [3.05, 3.63) is 102 Å². The molecule has 42 heavy (non-hydrogen) atoms. The molecule has 0 unspecified atom stereocenters. The Balaban J connectivity index is 0.00000263. The van der Waals surface area contributed by atoms with Gasteiger partial charge in [0, 0.05) is 37.5 Å². The highest BCUT2D eigenvalue weighted by molar-refractivity contribution is 6.15. The fourth-order valence-electron chi connectivity index (χ4n) is 3.94. The number of nitrogens with two attached hydrogens (primary N) is 1. The summed E-state index contributed by atoms with van der Waals surface area (Å²) in [6, 6.07) is 5.15. The van der Waals surface area contributed by atoms with Gasteiger partial charge in [-0.2, -0.15) is 10.2 Å². The zero-order valence-corrected chi connectivity index (χ0v) is 25.6. The summed E-state index contributed by atoms with van der Waals surface area (Å²) in [5, 5.41) is 7.87. The summed E-state index contributed by atoms with van der Waals surface area (Å²) in [4.78, 5) is 18.4. The minimum atomic E-state index is -0.738. The highest BCUT2D eigenvalue weighted by Gasteiger charge is 2.21. The van der Waals surface area contributed by atoms with Gasteiger partial charge in [0.15, 0.2) is 0 Å². The molecule has 1 aromatic heterocycles. The second-order valence-corrected chi connectivity index (χ2v) is 7.86. The second kappa shape index (κ2) is 20.3. The van der Waals surface area contributed by atoms with Crippen molar-refractivity contribution in [3.8, 4) is 5.88 Å². The largest absolute Gasteiger partial charge is 0.480 e. The minimum Gasteiger partial charge on any atom is -0.480 e. The van der Waals surface area contributed by atoms with Gasteiger partial charge in [-0.25, -0.2) is 13.8 Å². The van der Waals surface area contributed by atoms with Gasteiger partial charge in [0.2, 0.25) is 5.88 Å². The molecule has 1 aliphatic carbocycles. The number of halogens is 2. The predicted molar refractivity (Wildman–Crippen MR) is 170 cm³/mol. The number of carbonyl (C=O) groups excluding carboxylic acids is 1. The average molecular weight is 581 g/mol. The molecular weight excluding hydrogens is 538 g/mol. The molecule has 1 aliphatic rings. The van der Waals surface area contributed by atoms with E-state index in [2.05, 4.69) is 40.3 Å². The molecule has 1 heterocycles. The van der Waals surface area contributed by atoms with Gasteiger partial charge in [0.1, 0.15) is 24.1 Å². The van der Waals surface area contributed by atoms with E-state index in [0.29, 0.717) is 5.69 Å². The molecule has 10 heteroatoms. The number of methoxy groups -OCH3 is 1. The Labute approximate surface area is 248 Å². The van der Waals surface area contributed by atoms with E-state index in [4.69, 9.17) is 15.3 Å². The number of hydrogen-bond acceptors (Lipinski definition) is 8. The number of carbonyl (C=O) groups is 1. The van der Waals surface area contributed by atoms with Crippen LogP contribution in [0.1, 0.15) is 39.7 Å². The predicted octanol–water partition coefficient (Wildman–Crippen LogP) is 7.78. The SMILES string of the molecule is C=C.C=O.CC.CCC(=C\N=NC)/C(C)=C1\C=C(c2cnc(OC)c(N(CN)c3ccc(F)cc3F)c2)C=CC1=NC. The number of anilines is 2. The molecule has 0 saturated carbocycles. The maximum absolute atomic E-state index is 14.6. The lowest BCUT2D eigenvalue weighted by molar-refractivity contribution is -0.0980. The second-order valence-electron chi connectivity index (χ2n) is 7.86. The Morgan fingerprint density at radius 2 is 1.79 bits per heavy atom. The van der Waals surface area contributed by atoms with Gasteiger partial charge < -0.3 is 20.2 Å². The van der Waals surface area contributed by atoms with E-state index in [1.807, 2.05) is 51.9 Å². The van der Waals surface area contributed by atoms with E-state index in [1.165, 1.54) is 24.1 Å². The molecule has 8 nitrogen and oxygen atoms in total. The number of ether oxygens (including phenoxy) is 1. The number of benzene rings is 1. The molecule has 2 aromatic rings. The number of aliphatic imine (C=N–C) groups is 1. The molecule has 0 spiro atoms. The molecule has 0 atom stereocenters. The smallest absolute Gasteiger partial charge is 0.237 e. The normalized spacial score (nSPS) is 14.5. The lowest BCUT2D eigenvalue weighted by atomic mass is 9.90. The van der Waals surface area contributed by atoms with E-state index in [0.717, 1.165) is 46.1 Å². The number of hydrogen-bond donors (Lipinski definition) is 1. The van der Waals surface area contributed by atoms with Crippen LogP contribution < -0.4 is 15.4 Å². The first kappa shape index (κ1) is 37.4. The van der Waals surface area contributed by atoms with Crippen LogP contribution in [0.25, 0.3) is 5.57 Å². The van der Waals surface area contributed by atoms with E-state index in [1.54, 1.807) is 26.5 Å².